The summed E-state index contributed by atoms with van der Waals surface area (Å²) in [6, 6.07) is 14.8. The standard InChI is InChI=1S/C27H28N4O2/c1-4-27(2,3)24-19(18-10-6-8-12-21(18)29-24)14-23-26(33)30-22(25(32)31-23)13-16-15-28-20-11-7-5-9-17(16)20/h4-12,15,22-23,28-29H,1,13-14H2,2-3H3,(H,30,33)(H,31,32)/t22-,23-/m0/s1. The molecule has 0 spiro atoms. The summed E-state index contributed by atoms with van der Waals surface area (Å²) in [5.74, 6) is -0.318. The van der Waals surface area contributed by atoms with Crippen molar-refractivity contribution in [2.24, 2.45) is 0 Å². The molecule has 4 aromatic rings. The normalized spacial score (nSPS) is 19.0. The summed E-state index contributed by atoms with van der Waals surface area (Å²) in [7, 11) is 0. The molecule has 0 saturated carbocycles. The second-order valence-corrected chi connectivity index (χ2v) is 9.34. The number of piperazine rings is 1. The molecule has 4 N–H and O–H groups in total. The van der Waals surface area contributed by atoms with E-state index in [1.54, 1.807) is 0 Å². The highest BCUT2D eigenvalue weighted by Crippen LogP contribution is 2.33. The van der Waals surface area contributed by atoms with Crippen LogP contribution in [0.25, 0.3) is 21.8 Å². The molecule has 0 unspecified atom stereocenters. The number of para-hydroxylation sites is 2. The lowest BCUT2D eigenvalue weighted by Gasteiger charge is -2.30. The zero-order valence-electron chi connectivity index (χ0n) is 18.9. The fourth-order valence-corrected chi connectivity index (χ4v) is 4.75. The van der Waals surface area contributed by atoms with Crippen LogP contribution in [0, 0.1) is 0 Å². The molecule has 3 heterocycles. The molecule has 0 radical (unpaired) electrons. The molecule has 33 heavy (non-hydrogen) atoms. The highest BCUT2D eigenvalue weighted by molar-refractivity contribution is 5.98. The maximum atomic E-state index is 13.1. The van der Waals surface area contributed by atoms with Crippen molar-refractivity contribution in [2.45, 2.75) is 44.2 Å². The minimum Gasteiger partial charge on any atom is -0.361 e. The number of allylic oxidation sites excluding steroid dienone is 1. The van der Waals surface area contributed by atoms with Crippen LogP contribution in [0.5, 0.6) is 0 Å². The maximum absolute atomic E-state index is 13.1. The molecule has 2 amide bonds. The topological polar surface area (TPSA) is 89.8 Å². The molecule has 0 aliphatic carbocycles. The zero-order valence-corrected chi connectivity index (χ0v) is 18.9. The Hall–Kier alpha value is -3.80. The van der Waals surface area contributed by atoms with Crippen molar-refractivity contribution in [3.05, 3.63) is 84.2 Å². The van der Waals surface area contributed by atoms with E-state index in [0.29, 0.717) is 12.8 Å². The smallest absolute Gasteiger partial charge is 0.243 e. The number of benzene rings is 2. The van der Waals surface area contributed by atoms with Crippen LogP contribution < -0.4 is 10.6 Å². The summed E-state index contributed by atoms with van der Waals surface area (Å²) < 4.78 is 0. The number of carbonyl (C=O) groups is 2. The van der Waals surface area contributed by atoms with E-state index in [0.717, 1.165) is 38.6 Å². The van der Waals surface area contributed by atoms with Crippen molar-refractivity contribution in [3.63, 3.8) is 0 Å². The molecule has 1 aliphatic rings. The van der Waals surface area contributed by atoms with Crippen molar-refractivity contribution in [1.82, 2.24) is 20.6 Å². The number of H-pyrrole nitrogens is 2. The molecule has 2 aromatic carbocycles. The quantitative estimate of drug-likeness (QED) is 0.343. The predicted molar refractivity (Wildman–Crippen MR) is 131 cm³/mol. The first-order valence-electron chi connectivity index (χ1n) is 11.3. The van der Waals surface area contributed by atoms with Crippen LogP contribution in [0.1, 0.15) is 30.7 Å². The largest absolute Gasteiger partial charge is 0.361 e. The number of aromatic amines is 2. The number of carbonyl (C=O) groups excluding carboxylic acids is 2. The number of nitrogens with one attached hydrogen (secondary N) is 4. The van der Waals surface area contributed by atoms with Crippen molar-refractivity contribution < 1.29 is 9.59 Å². The monoisotopic (exact) mass is 440 g/mol. The molecule has 1 aliphatic heterocycles. The lowest BCUT2D eigenvalue weighted by molar-refractivity contribution is -0.136. The first kappa shape index (κ1) is 21.1. The number of rotatable bonds is 6. The summed E-state index contributed by atoms with van der Waals surface area (Å²) in [6.45, 7) is 8.17. The SMILES string of the molecule is C=CC(C)(C)c1[nH]c2ccccc2c1C[C@@H]1NC(=O)[C@H](Cc2c[nH]c3ccccc23)NC1=O. The Morgan fingerprint density at radius 1 is 0.879 bits per heavy atom. The van der Waals surface area contributed by atoms with Crippen LogP contribution in [-0.2, 0) is 27.8 Å². The van der Waals surface area contributed by atoms with E-state index in [1.165, 1.54) is 0 Å². The molecular formula is C27H28N4O2. The Morgan fingerprint density at radius 2 is 1.48 bits per heavy atom. The molecule has 6 heteroatoms. The second-order valence-electron chi connectivity index (χ2n) is 9.34. The van der Waals surface area contributed by atoms with Gasteiger partial charge in [-0.05, 0) is 23.3 Å². The van der Waals surface area contributed by atoms with E-state index in [9.17, 15) is 9.59 Å². The third-order valence-corrected chi connectivity index (χ3v) is 6.74. The molecule has 0 bridgehead atoms. The highest BCUT2D eigenvalue weighted by atomic mass is 16.2. The van der Waals surface area contributed by atoms with Gasteiger partial charge in [0.25, 0.3) is 0 Å². The third kappa shape index (κ3) is 3.71. The Bertz CT molecular complexity index is 1380. The van der Waals surface area contributed by atoms with Crippen molar-refractivity contribution in [3.8, 4) is 0 Å². The van der Waals surface area contributed by atoms with Gasteiger partial charge < -0.3 is 20.6 Å². The van der Waals surface area contributed by atoms with Gasteiger partial charge in [0.2, 0.25) is 11.8 Å². The van der Waals surface area contributed by atoms with E-state index >= 15 is 0 Å². The summed E-state index contributed by atoms with van der Waals surface area (Å²) in [5, 5.41) is 8.06. The lowest BCUT2D eigenvalue weighted by atomic mass is 9.84. The van der Waals surface area contributed by atoms with Crippen LogP contribution in [0.3, 0.4) is 0 Å². The van der Waals surface area contributed by atoms with Crippen molar-refractivity contribution in [1.29, 1.82) is 0 Å². The van der Waals surface area contributed by atoms with Gasteiger partial charge in [-0.3, -0.25) is 9.59 Å². The van der Waals surface area contributed by atoms with Crippen LogP contribution >= 0.6 is 0 Å². The minimum absolute atomic E-state index is 0.158. The summed E-state index contributed by atoms with van der Waals surface area (Å²) in [5.41, 5.74) is 4.78. The highest BCUT2D eigenvalue weighted by Gasteiger charge is 2.36. The van der Waals surface area contributed by atoms with E-state index in [1.807, 2.05) is 60.8 Å². The number of amides is 2. The number of hydrogen-bond acceptors (Lipinski definition) is 2. The number of aromatic nitrogens is 2. The summed E-state index contributed by atoms with van der Waals surface area (Å²) >= 11 is 0. The van der Waals surface area contributed by atoms with Gasteiger partial charge in [0.05, 0.1) is 0 Å². The average molecular weight is 441 g/mol. The number of fused-ring (bicyclic) bond motifs is 2. The average Bonchev–Trinajstić information content (AvgIpc) is 3.39. The van der Waals surface area contributed by atoms with E-state index in [4.69, 9.17) is 0 Å². The molecule has 168 valence electrons. The molecule has 6 nitrogen and oxygen atoms in total. The van der Waals surface area contributed by atoms with Gasteiger partial charge in [-0.2, -0.15) is 0 Å². The number of hydrogen-bond donors (Lipinski definition) is 4. The Balaban J connectivity index is 1.39. The molecule has 5 rings (SSSR count). The molecule has 2 atom stereocenters. The first-order chi connectivity index (χ1) is 15.9. The van der Waals surface area contributed by atoms with Crippen LogP contribution in [-0.4, -0.2) is 33.9 Å². The van der Waals surface area contributed by atoms with Gasteiger partial charge in [0, 0.05) is 52.0 Å². The fraction of sp³-hybridized carbons (Fsp3) is 0.259. The fourth-order valence-electron chi connectivity index (χ4n) is 4.75. The molecule has 1 fully saturated rings. The molecular weight excluding hydrogens is 412 g/mol. The molecule has 1 saturated heterocycles. The Morgan fingerprint density at radius 3 is 2.18 bits per heavy atom. The zero-order chi connectivity index (χ0) is 23.2. The van der Waals surface area contributed by atoms with E-state index in [-0.39, 0.29) is 17.2 Å². The molecule has 2 aromatic heterocycles. The van der Waals surface area contributed by atoms with Gasteiger partial charge >= 0.3 is 0 Å². The van der Waals surface area contributed by atoms with Crippen LogP contribution in [0.2, 0.25) is 0 Å². The van der Waals surface area contributed by atoms with Gasteiger partial charge in [0.1, 0.15) is 12.1 Å². The Kier molecular flexibility index (Phi) is 5.08. The van der Waals surface area contributed by atoms with Crippen molar-refractivity contribution >= 4 is 33.6 Å². The predicted octanol–water partition coefficient (Wildman–Crippen LogP) is 3.88. The van der Waals surface area contributed by atoms with Gasteiger partial charge in [-0.15, -0.1) is 6.58 Å². The second kappa shape index (κ2) is 7.96. The third-order valence-electron chi connectivity index (χ3n) is 6.74. The summed E-state index contributed by atoms with van der Waals surface area (Å²) in [4.78, 5) is 32.8. The van der Waals surface area contributed by atoms with Gasteiger partial charge in [-0.1, -0.05) is 56.3 Å². The maximum Gasteiger partial charge on any atom is 0.243 e. The van der Waals surface area contributed by atoms with E-state index in [2.05, 4.69) is 41.0 Å². The Labute approximate surface area is 192 Å². The van der Waals surface area contributed by atoms with Crippen LogP contribution in [0.4, 0.5) is 0 Å². The van der Waals surface area contributed by atoms with Gasteiger partial charge in [-0.25, -0.2) is 0 Å². The first-order valence-corrected chi connectivity index (χ1v) is 11.3. The minimum atomic E-state index is -0.629. The van der Waals surface area contributed by atoms with Gasteiger partial charge in [0.15, 0.2) is 0 Å². The lowest BCUT2D eigenvalue weighted by Crippen LogP contribution is -2.62. The van der Waals surface area contributed by atoms with E-state index < -0.39 is 12.1 Å². The van der Waals surface area contributed by atoms with Crippen LogP contribution in [0.15, 0.2) is 67.4 Å². The van der Waals surface area contributed by atoms with Crippen molar-refractivity contribution in [2.75, 3.05) is 0 Å². The summed E-state index contributed by atoms with van der Waals surface area (Å²) in [6.07, 6.45) is 4.66.